The van der Waals surface area contributed by atoms with Crippen LogP contribution < -0.4 is 0 Å². The Labute approximate surface area is 191 Å². The number of hydrogen-bond donors (Lipinski definition) is 0. The normalized spacial score (nSPS) is 23.5. The van der Waals surface area contributed by atoms with Crippen molar-refractivity contribution in [3.63, 3.8) is 0 Å². The predicted octanol–water partition coefficient (Wildman–Crippen LogP) is 4.65. The summed E-state index contributed by atoms with van der Waals surface area (Å²) in [4.78, 5) is 5.32. The summed E-state index contributed by atoms with van der Waals surface area (Å²) < 4.78 is 21.8. The van der Waals surface area contributed by atoms with Crippen molar-refractivity contribution < 1.29 is 9.13 Å². The molecule has 0 radical (unpaired) electrons. The van der Waals surface area contributed by atoms with Crippen LogP contribution in [0.15, 0.2) is 36.7 Å². The Morgan fingerprint density at radius 2 is 1.81 bits per heavy atom. The topological polar surface area (TPSA) is 33.5 Å². The Morgan fingerprint density at radius 3 is 2.56 bits per heavy atom. The van der Waals surface area contributed by atoms with Crippen LogP contribution in [0.5, 0.6) is 0 Å². The summed E-state index contributed by atoms with van der Waals surface area (Å²) in [6.45, 7) is 6.35. The highest BCUT2D eigenvalue weighted by molar-refractivity contribution is 5.32. The maximum atomic E-state index is 14.2. The van der Waals surface area contributed by atoms with Gasteiger partial charge < -0.3 is 9.64 Å². The number of nitrogens with zero attached hydrogens (tertiary/aromatic N) is 4. The van der Waals surface area contributed by atoms with Gasteiger partial charge in [-0.2, -0.15) is 5.10 Å². The molecule has 0 N–H and O–H groups in total. The van der Waals surface area contributed by atoms with Crippen LogP contribution >= 0.6 is 0 Å². The van der Waals surface area contributed by atoms with Crippen molar-refractivity contribution in [2.24, 2.45) is 5.92 Å². The SMILES string of the molecule is Fc1ccccc1-n1cc(CN(CC2CCN(C3CCCC3)CC2)C[C@H]2CCCO2)cn1. The molecule has 6 heteroatoms. The number of aromatic nitrogens is 2. The largest absolute Gasteiger partial charge is 0.377 e. The van der Waals surface area contributed by atoms with E-state index >= 15 is 0 Å². The minimum Gasteiger partial charge on any atom is -0.377 e. The third-order valence-corrected chi connectivity index (χ3v) is 7.63. The van der Waals surface area contributed by atoms with Crippen molar-refractivity contribution >= 4 is 0 Å². The lowest BCUT2D eigenvalue weighted by Gasteiger charge is -2.38. The summed E-state index contributed by atoms with van der Waals surface area (Å²) in [5.41, 5.74) is 1.64. The molecule has 2 aliphatic heterocycles. The van der Waals surface area contributed by atoms with E-state index in [1.807, 2.05) is 18.5 Å². The van der Waals surface area contributed by atoms with Gasteiger partial charge >= 0.3 is 0 Å². The Hall–Kier alpha value is -1.76. The molecule has 1 aliphatic carbocycles. The summed E-state index contributed by atoms with van der Waals surface area (Å²) in [5, 5.41) is 4.45. The first-order chi connectivity index (χ1) is 15.7. The molecule has 1 saturated carbocycles. The van der Waals surface area contributed by atoms with Crippen molar-refractivity contribution in [3.05, 3.63) is 48.0 Å². The van der Waals surface area contributed by atoms with Crippen molar-refractivity contribution in [3.8, 4) is 5.69 Å². The minimum absolute atomic E-state index is 0.243. The molecule has 3 aliphatic rings. The quantitative estimate of drug-likeness (QED) is 0.599. The Bertz CT molecular complexity index is 851. The van der Waals surface area contributed by atoms with Crippen molar-refractivity contribution in [1.29, 1.82) is 0 Å². The maximum Gasteiger partial charge on any atom is 0.148 e. The highest BCUT2D eigenvalue weighted by Gasteiger charge is 2.29. The average molecular weight is 441 g/mol. The van der Waals surface area contributed by atoms with E-state index in [-0.39, 0.29) is 5.82 Å². The number of para-hydroxylation sites is 1. The van der Waals surface area contributed by atoms with E-state index in [9.17, 15) is 4.39 Å². The van der Waals surface area contributed by atoms with Gasteiger partial charge in [0.1, 0.15) is 11.5 Å². The fourth-order valence-corrected chi connectivity index (χ4v) is 5.88. The van der Waals surface area contributed by atoms with Gasteiger partial charge in [-0.15, -0.1) is 0 Å². The molecule has 1 atom stereocenters. The lowest BCUT2D eigenvalue weighted by molar-refractivity contribution is 0.0540. The van der Waals surface area contributed by atoms with Gasteiger partial charge in [-0.05, 0) is 69.7 Å². The second kappa shape index (κ2) is 10.4. The van der Waals surface area contributed by atoms with Crippen molar-refractivity contribution in [2.45, 2.75) is 70.1 Å². The summed E-state index contributed by atoms with van der Waals surface area (Å²) in [6, 6.07) is 7.67. The van der Waals surface area contributed by atoms with E-state index in [0.29, 0.717) is 11.8 Å². The van der Waals surface area contributed by atoms with E-state index in [1.165, 1.54) is 64.1 Å². The van der Waals surface area contributed by atoms with E-state index in [0.717, 1.165) is 50.2 Å². The minimum atomic E-state index is -0.243. The number of rotatable bonds is 8. The van der Waals surface area contributed by atoms with Gasteiger partial charge in [0.25, 0.3) is 0 Å². The van der Waals surface area contributed by atoms with Crippen LogP contribution in [-0.4, -0.2) is 64.5 Å². The van der Waals surface area contributed by atoms with Gasteiger partial charge in [-0.1, -0.05) is 25.0 Å². The van der Waals surface area contributed by atoms with Gasteiger partial charge in [0.15, 0.2) is 0 Å². The molecule has 3 heterocycles. The van der Waals surface area contributed by atoms with Crippen LogP contribution in [0.3, 0.4) is 0 Å². The Kier molecular flexibility index (Phi) is 7.20. The fraction of sp³-hybridized carbons (Fsp3) is 0.654. The smallest absolute Gasteiger partial charge is 0.148 e. The second-order valence-electron chi connectivity index (χ2n) is 9.99. The van der Waals surface area contributed by atoms with Gasteiger partial charge in [-0.3, -0.25) is 4.90 Å². The number of benzene rings is 1. The van der Waals surface area contributed by atoms with E-state index in [4.69, 9.17) is 4.74 Å². The molecular formula is C26H37FN4O. The molecule has 5 rings (SSSR count). The van der Waals surface area contributed by atoms with E-state index in [1.54, 1.807) is 16.8 Å². The van der Waals surface area contributed by atoms with Gasteiger partial charge in [0.05, 0.1) is 12.3 Å². The van der Waals surface area contributed by atoms with Crippen LogP contribution in [0.2, 0.25) is 0 Å². The zero-order valence-corrected chi connectivity index (χ0v) is 19.2. The number of likely N-dealkylation sites (tertiary alicyclic amines) is 1. The van der Waals surface area contributed by atoms with Gasteiger partial charge in [0.2, 0.25) is 0 Å². The summed E-state index contributed by atoms with van der Waals surface area (Å²) in [5.74, 6) is 0.503. The zero-order chi connectivity index (χ0) is 21.8. The molecule has 0 unspecified atom stereocenters. The second-order valence-corrected chi connectivity index (χ2v) is 9.99. The number of piperidine rings is 1. The van der Waals surface area contributed by atoms with E-state index in [2.05, 4.69) is 14.9 Å². The third-order valence-electron chi connectivity index (χ3n) is 7.63. The molecule has 174 valence electrons. The average Bonchev–Trinajstić information content (AvgIpc) is 3.58. The molecule has 32 heavy (non-hydrogen) atoms. The molecule has 1 aromatic heterocycles. The Morgan fingerprint density at radius 1 is 1.00 bits per heavy atom. The summed E-state index contributed by atoms with van der Waals surface area (Å²) in [6.07, 6.45) is 14.8. The van der Waals surface area contributed by atoms with Crippen LogP contribution in [0, 0.1) is 11.7 Å². The molecule has 2 saturated heterocycles. The molecule has 2 aromatic rings. The fourth-order valence-electron chi connectivity index (χ4n) is 5.88. The molecule has 0 amide bonds. The third kappa shape index (κ3) is 5.41. The highest BCUT2D eigenvalue weighted by atomic mass is 19.1. The number of halogens is 1. The highest BCUT2D eigenvalue weighted by Crippen LogP contribution is 2.29. The number of hydrogen-bond acceptors (Lipinski definition) is 4. The first kappa shape index (κ1) is 22.1. The van der Waals surface area contributed by atoms with Gasteiger partial charge in [0, 0.05) is 44.0 Å². The van der Waals surface area contributed by atoms with Gasteiger partial charge in [-0.25, -0.2) is 9.07 Å². The lowest BCUT2D eigenvalue weighted by atomic mass is 9.94. The van der Waals surface area contributed by atoms with E-state index < -0.39 is 0 Å². The first-order valence-corrected chi connectivity index (χ1v) is 12.6. The molecule has 0 bridgehead atoms. The van der Waals surface area contributed by atoms with Crippen LogP contribution in [0.1, 0.15) is 56.9 Å². The Balaban J connectivity index is 1.21. The summed E-state index contributed by atoms with van der Waals surface area (Å²) in [7, 11) is 0. The first-order valence-electron chi connectivity index (χ1n) is 12.6. The lowest BCUT2D eigenvalue weighted by Crippen LogP contribution is -2.43. The van der Waals surface area contributed by atoms with Crippen molar-refractivity contribution in [2.75, 3.05) is 32.8 Å². The molecule has 1 aromatic carbocycles. The maximum absolute atomic E-state index is 14.2. The molecule has 0 spiro atoms. The van der Waals surface area contributed by atoms with Crippen molar-refractivity contribution in [1.82, 2.24) is 19.6 Å². The predicted molar refractivity (Wildman–Crippen MR) is 124 cm³/mol. The van der Waals surface area contributed by atoms with Crippen LogP contribution in [-0.2, 0) is 11.3 Å². The number of ether oxygens (including phenoxy) is 1. The molecular weight excluding hydrogens is 403 g/mol. The summed E-state index contributed by atoms with van der Waals surface area (Å²) >= 11 is 0. The van der Waals surface area contributed by atoms with Crippen LogP contribution in [0.25, 0.3) is 5.69 Å². The standard InChI is InChI=1S/C26H37FN4O/c27-25-9-3-4-10-26(25)31-19-22(16-28-31)18-29(20-24-8-5-15-32-24)17-21-11-13-30(14-12-21)23-6-1-2-7-23/h3-4,9-10,16,19,21,23-24H,1-2,5-8,11-15,17-18,20H2/t24-/m1/s1. The molecule has 3 fully saturated rings. The monoisotopic (exact) mass is 440 g/mol. The van der Waals surface area contributed by atoms with Crippen LogP contribution in [0.4, 0.5) is 4.39 Å². The molecule has 5 nitrogen and oxygen atoms in total. The zero-order valence-electron chi connectivity index (χ0n) is 19.2.